The van der Waals surface area contributed by atoms with Crippen molar-refractivity contribution >= 4 is 40.2 Å². The molecule has 0 aliphatic carbocycles. The summed E-state index contributed by atoms with van der Waals surface area (Å²) in [6.07, 6.45) is 1.67. The van der Waals surface area contributed by atoms with E-state index in [4.69, 9.17) is 11.6 Å². The van der Waals surface area contributed by atoms with Crippen molar-refractivity contribution in [2.75, 3.05) is 37.0 Å². The Morgan fingerprint density at radius 1 is 0.778 bits per heavy atom. The molecule has 6 nitrogen and oxygen atoms in total. The minimum atomic E-state index is -0.272. The Morgan fingerprint density at radius 2 is 1.42 bits per heavy atom. The van der Waals surface area contributed by atoms with E-state index in [0.29, 0.717) is 18.7 Å². The molecule has 2 heterocycles. The summed E-state index contributed by atoms with van der Waals surface area (Å²) in [5.74, 6) is 0.106. The fourth-order valence-electron chi connectivity index (χ4n) is 6.54. The van der Waals surface area contributed by atoms with Gasteiger partial charge < -0.3 is 10.0 Å². The molecule has 7 heteroatoms. The SMILES string of the molecule is O=C1CCC(c2ccccc2CN2CCN(c3ccc(C(=C(CCCl)c4ccccc4)c4ccc(O)cc4)cc3)CC2)C(=O)N1. The van der Waals surface area contributed by atoms with Crippen molar-refractivity contribution in [2.45, 2.75) is 31.7 Å². The number of amides is 2. The molecule has 1 atom stereocenters. The molecule has 2 N–H and O–H groups in total. The number of hydrogen-bond donors (Lipinski definition) is 2. The van der Waals surface area contributed by atoms with Gasteiger partial charge in [-0.1, -0.05) is 78.9 Å². The zero-order chi connectivity index (χ0) is 31.2. The number of piperidine rings is 1. The number of hydrogen-bond acceptors (Lipinski definition) is 5. The van der Waals surface area contributed by atoms with E-state index in [2.05, 4.69) is 57.6 Å². The molecule has 2 amide bonds. The molecule has 0 aromatic heterocycles. The standard InChI is InChI=1S/C38H38ClN3O3/c39-21-20-34(27-6-2-1-3-7-27)37(29-12-16-32(43)17-13-29)28-10-14-31(15-11-28)42-24-22-41(23-25-42)26-30-8-4-5-9-33(30)35-18-19-36(44)40-38(35)45/h1-17,35,43H,18-26H2,(H,40,44,45). The summed E-state index contributed by atoms with van der Waals surface area (Å²) in [5, 5.41) is 12.5. The van der Waals surface area contributed by atoms with E-state index in [1.165, 1.54) is 11.3 Å². The normalized spacial score (nSPS) is 18.0. The molecular formula is C38H38ClN3O3. The molecule has 2 aliphatic rings. The van der Waals surface area contributed by atoms with Gasteiger partial charge in [0.2, 0.25) is 11.8 Å². The second kappa shape index (κ2) is 14.1. The largest absolute Gasteiger partial charge is 0.508 e. The van der Waals surface area contributed by atoms with Crippen molar-refractivity contribution in [3.8, 4) is 5.75 Å². The van der Waals surface area contributed by atoms with E-state index in [-0.39, 0.29) is 23.5 Å². The van der Waals surface area contributed by atoms with Crippen molar-refractivity contribution in [2.24, 2.45) is 0 Å². The Bertz CT molecular complexity index is 1660. The Morgan fingerprint density at radius 3 is 2.09 bits per heavy atom. The van der Waals surface area contributed by atoms with Crippen LogP contribution in [0.15, 0.2) is 103 Å². The first-order valence-corrected chi connectivity index (χ1v) is 16.2. The topological polar surface area (TPSA) is 72.9 Å². The van der Waals surface area contributed by atoms with Gasteiger partial charge in [-0.3, -0.25) is 19.8 Å². The number of allylic oxidation sites excluding steroid dienone is 1. The van der Waals surface area contributed by atoms with E-state index >= 15 is 0 Å². The molecule has 2 saturated heterocycles. The van der Waals surface area contributed by atoms with Crippen molar-refractivity contribution in [3.05, 3.63) is 131 Å². The predicted octanol–water partition coefficient (Wildman–Crippen LogP) is 6.82. The zero-order valence-electron chi connectivity index (χ0n) is 25.3. The summed E-state index contributed by atoms with van der Waals surface area (Å²) < 4.78 is 0. The van der Waals surface area contributed by atoms with Gasteiger partial charge in [0, 0.05) is 50.7 Å². The van der Waals surface area contributed by atoms with Crippen LogP contribution in [0, 0.1) is 0 Å². The predicted molar refractivity (Wildman–Crippen MR) is 181 cm³/mol. The second-order valence-electron chi connectivity index (χ2n) is 11.7. The molecule has 4 aromatic rings. The van der Waals surface area contributed by atoms with Gasteiger partial charge in [0.05, 0.1) is 5.92 Å². The minimum Gasteiger partial charge on any atom is -0.508 e. The third-order valence-corrected chi connectivity index (χ3v) is 9.07. The molecule has 2 fully saturated rings. The number of piperazine rings is 1. The van der Waals surface area contributed by atoms with Crippen LogP contribution in [-0.2, 0) is 16.1 Å². The molecule has 0 spiro atoms. The van der Waals surface area contributed by atoms with Gasteiger partial charge >= 0.3 is 0 Å². The van der Waals surface area contributed by atoms with Crippen molar-refractivity contribution in [1.82, 2.24) is 10.2 Å². The number of phenolic OH excluding ortho intramolecular Hbond substituents is 1. The number of nitrogens with zero attached hydrogens (tertiary/aromatic N) is 2. The lowest BCUT2D eigenvalue weighted by Crippen LogP contribution is -2.46. The maximum atomic E-state index is 12.6. The van der Waals surface area contributed by atoms with Crippen LogP contribution in [0.4, 0.5) is 5.69 Å². The average molecular weight is 620 g/mol. The summed E-state index contributed by atoms with van der Waals surface area (Å²) in [6, 6.07) is 34.7. The monoisotopic (exact) mass is 619 g/mol. The van der Waals surface area contributed by atoms with Gasteiger partial charge in [0.1, 0.15) is 5.75 Å². The molecular weight excluding hydrogens is 582 g/mol. The second-order valence-corrected chi connectivity index (χ2v) is 12.1. The first-order valence-electron chi connectivity index (χ1n) is 15.6. The minimum absolute atomic E-state index is 0.183. The molecule has 0 bridgehead atoms. The van der Waals surface area contributed by atoms with Crippen LogP contribution in [0.5, 0.6) is 5.75 Å². The number of halogens is 1. The quantitative estimate of drug-likeness (QED) is 0.122. The highest BCUT2D eigenvalue weighted by Gasteiger charge is 2.30. The van der Waals surface area contributed by atoms with Crippen molar-refractivity contribution in [3.63, 3.8) is 0 Å². The van der Waals surface area contributed by atoms with E-state index in [1.807, 2.05) is 48.5 Å². The number of carbonyl (C=O) groups is 2. The zero-order valence-corrected chi connectivity index (χ0v) is 26.0. The van der Waals surface area contributed by atoms with Gasteiger partial charge in [-0.25, -0.2) is 0 Å². The number of anilines is 1. The van der Waals surface area contributed by atoms with Gasteiger partial charge in [-0.15, -0.1) is 11.6 Å². The molecule has 2 aliphatic heterocycles. The van der Waals surface area contributed by atoms with Crippen LogP contribution in [0.2, 0.25) is 0 Å². The van der Waals surface area contributed by atoms with E-state index < -0.39 is 0 Å². The first kappa shape index (κ1) is 30.6. The van der Waals surface area contributed by atoms with E-state index in [0.717, 1.165) is 72.5 Å². The first-order chi connectivity index (χ1) is 22.0. The fourth-order valence-corrected chi connectivity index (χ4v) is 6.73. The highest BCUT2D eigenvalue weighted by atomic mass is 35.5. The van der Waals surface area contributed by atoms with Gasteiger partial charge in [0.25, 0.3) is 0 Å². The summed E-state index contributed by atoms with van der Waals surface area (Å²) in [7, 11) is 0. The van der Waals surface area contributed by atoms with Crippen LogP contribution >= 0.6 is 11.6 Å². The lowest BCUT2D eigenvalue weighted by atomic mass is 9.87. The van der Waals surface area contributed by atoms with Crippen LogP contribution in [0.3, 0.4) is 0 Å². The third-order valence-electron chi connectivity index (χ3n) is 8.88. The van der Waals surface area contributed by atoms with Crippen molar-refractivity contribution < 1.29 is 14.7 Å². The van der Waals surface area contributed by atoms with Crippen LogP contribution in [-0.4, -0.2) is 53.9 Å². The molecule has 1 unspecified atom stereocenters. The summed E-state index contributed by atoms with van der Waals surface area (Å²) in [4.78, 5) is 29.1. The maximum Gasteiger partial charge on any atom is 0.234 e. The Balaban J connectivity index is 1.18. The third kappa shape index (κ3) is 7.14. The van der Waals surface area contributed by atoms with Gasteiger partial charge in [-0.05, 0) is 76.1 Å². The number of rotatable bonds is 9. The van der Waals surface area contributed by atoms with Crippen LogP contribution in [0.1, 0.15) is 53.0 Å². The molecule has 6 rings (SSSR count). The number of phenols is 1. The highest BCUT2D eigenvalue weighted by molar-refractivity contribution is 6.18. The fraction of sp³-hybridized carbons (Fsp3) is 0.263. The number of aromatic hydroxyl groups is 1. The van der Waals surface area contributed by atoms with Crippen LogP contribution < -0.4 is 10.2 Å². The lowest BCUT2D eigenvalue weighted by Gasteiger charge is -2.37. The lowest BCUT2D eigenvalue weighted by molar-refractivity contribution is -0.134. The van der Waals surface area contributed by atoms with Gasteiger partial charge in [0.15, 0.2) is 0 Å². The molecule has 0 saturated carbocycles. The number of carbonyl (C=O) groups excluding carboxylic acids is 2. The van der Waals surface area contributed by atoms with Gasteiger partial charge in [-0.2, -0.15) is 0 Å². The van der Waals surface area contributed by atoms with Crippen molar-refractivity contribution in [1.29, 1.82) is 0 Å². The maximum absolute atomic E-state index is 12.6. The average Bonchev–Trinajstić information content (AvgIpc) is 3.07. The van der Waals surface area contributed by atoms with E-state index in [1.54, 1.807) is 12.1 Å². The number of nitrogens with one attached hydrogen (secondary N) is 1. The number of benzene rings is 4. The molecule has 230 valence electrons. The molecule has 0 radical (unpaired) electrons. The number of alkyl halides is 1. The summed E-state index contributed by atoms with van der Waals surface area (Å²) in [6.45, 7) is 4.42. The Hall–Kier alpha value is -4.39. The van der Waals surface area contributed by atoms with Crippen LogP contribution in [0.25, 0.3) is 11.1 Å². The Kier molecular flexibility index (Phi) is 9.63. The van der Waals surface area contributed by atoms with E-state index in [9.17, 15) is 14.7 Å². The molecule has 45 heavy (non-hydrogen) atoms. The Labute approximate surface area is 270 Å². The molecule has 4 aromatic carbocycles. The smallest absolute Gasteiger partial charge is 0.234 e. The number of imide groups is 1. The summed E-state index contributed by atoms with van der Waals surface area (Å²) >= 11 is 6.32. The highest BCUT2D eigenvalue weighted by Crippen LogP contribution is 2.36. The summed E-state index contributed by atoms with van der Waals surface area (Å²) in [5.41, 5.74) is 8.95.